The minimum absolute atomic E-state index is 0.130. The van der Waals surface area contributed by atoms with Crippen molar-refractivity contribution in [3.63, 3.8) is 0 Å². The molecule has 0 bridgehead atoms. The van der Waals surface area contributed by atoms with Gasteiger partial charge in [0.15, 0.2) is 11.8 Å². The van der Waals surface area contributed by atoms with E-state index in [9.17, 15) is 0 Å². The van der Waals surface area contributed by atoms with Crippen molar-refractivity contribution in [3.05, 3.63) is 35.7 Å². The molecule has 1 N–H and O–H groups in total. The molecule has 2 aliphatic heterocycles. The number of aromatic nitrogens is 2. The molecular weight excluding hydrogens is 394 g/mol. The summed E-state index contributed by atoms with van der Waals surface area (Å²) in [5.41, 5.74) is 2.18. The van der Waals surface area contributed by atoms with Crippen LogP contribution >= 0.6 is 0 Å². The average molecular weight is 428 g/mol. The zero-order valence-electron chi connectivity index (χ0n) is 18.5. The Kier molecular flexibility index (Phi) is 7.53. The van der Waals surface area contributed by atoms with Crippen LogP contribution in [0.4, 0.5) is 0 Å². The Morgan fingerprint density at radius 3 is 2.71 bits per heavy atom. The van der Waals surface area contributed by atoms with Gasteiger partial charge in [-0.15, -0.1) is 0 Å². The topological polar surface area (TPSA) is 85.0 Å². The molecule has 8 heteroatoms. The predicted molar refractivity (Wildman–Crippen MR) is 119 cm³/mol. The second-order valence-corrected chi connectivity index (χ2v) is 7.96. The molecule has 2 unspecified atom stereocenters. The molecule has 2 atom stereocenters. The van der Waals surface area contributed by atoms with Gasteiger partial charge in [0.1, 0.15) is 6.10 Å². The number of ether oxygens (including phenoxy) is 2. The highest BCUT2D eigenvalue weighted by molar-refractivity contribution is 5.80. The number of guanidine groups is 1. The maximum absolute atomic E-state index is 5.98. The van der Waals surface area contributed by atoms with Crippen LogP contribution in [0, 0.1) is 0 Å². The molecule has 2 fully saturated rings. The zero-order valence-corrected chi connectivity index (χ0v) is 18.5. The second kappa shape index (κ2) is 10.7. The molecule has 2 saturated heterocycles. The van der Waals surface area contributed by atoms with Crippen LogP contribution in [0.25, 0.3) is 11.5 Å². The van der Waals surface area contributed by atoms with Crippen LogP contribution in [0.15, 0.2) is 33.8 Å². The summed E-state index contributed by atoms with van der Waals surface area (Å²) in [5.74, 6) is 2.27. The maximum atomic E-state index is 5.98. The van der Waals surface area contributed by atoms with Gasteiger partial charge in [-0.25, -0.2) is 0 Å². The molecule has 2 aliphatic rings. The maximum Gasteiger partial charge on any atom is 0.257 e. The van der Waals surface area contributed by atoms with Crippen molar-refractivity contribution < 1.29 is 14.0 Å². The van der Waals surface area contributed by atoms with E-state index in [2.05, 4.69) is 39.4 Å². The van der Waals surface area contributed by atoms with E-state index in [1.165, 1.54) is 5.56 Å². The van der Waals surface area contributed by atoms with Gasteiger partial charge < -0.3 is 24.2 Å². The van der Waals surface area contributed by atoms with Crippen molar-refractivity contribution in [2.45, 2.75) is 51.7 Å². The molecule has 3 heterocycles. The molecule has 4 rings (SSSR count). The smallest absolute Gasteiger partial charge is 0.257 e. The summed E-state index contributed by atoms with van der Waals surface area (Å²) < 4.78 is 17.1. The fourth-order valence-corrected chi connectivity index (χ4v) is 4.03. The first kappa shape index (κ1) is 21.8. The fraction of sp³-hybridized carbons (Fsp3) is 0.609. The minimum Gasteiger partial charge on any atom is -0.375 e. The molecule has 0 amide bonds. The lowest BCUT2D eigenvalue weighted by molar-refractivity contribution is -0.0817. The molecule has 31 heavy (non-hydrogen) atoms. The lowest BCUT2D eigenvalue weighted by atomic mass is 10.1. The Balaban J connectivity index is 1.34. The first-order chi connectivity index (χ1) is 15.3. The summed E-state index contributed by atoms with van der Waals surface area (Å²) >= 11 is 0. The predicted octanol–water partition coefficient (Wildman–Crippen LogP) is 2.69. The van der Waals surface area contributed by atoms with Crippen molar-refractivity contribution in [1.29, 1.82) is 0 Å². The number of morpholine rings is 1. The van der Waals surface area contributed by atoms with E-state index in [4.69, 9.17) is 19.0 Å². The van der Waals surface area contributed by atoms with Crippen molar-refractivity contribution in [1.82, 2.24) is 20.4 Å². The number of aryl methyl sites for hydroxylation is 1. The molecule has 1 aromatic carbocycles. The van der Waals surface area contributed by atoms with E-state index in [0.29, 0.717) is 12.5 Å². The van der Waals surface area contributed by atoms with Gasteiger partial charge in [-0.05, 0) is 43.9 Å². The van der Waals surface area contributed by atoms with Gasteiger partial charge >= 0.3 is 0 Å². The first-order valence-electron chi connectivity index (χ1n) is 11.4. The molecule has 0 radical (unpaired) electrons. The van der Waals surface area contributed by atoms with Crippen LogP contribution < -0.4 is 5.32 Å². The van der Waals surface area contributed by atoms with Crippen LogP contribution in [0.2, 0.25) is 0 Å². The van der Waals surface area contributed by atoms with Crippen LogP contribution in [0.3, 0.4) is 0 Å². The van der Waals surface area contributed by atoms with Crippen LogP contribution in [-0.4, -0.2) is 72.6 Å². The molecule has 1 aromatic heterocycles. The highest BCUT2D eigenvalue weighted by Gasteiger charge is 2.32. The normalized spacial score (nSPS) is 22.1. The molecule has 0 aliphatic carbocycles. The molecule has 168 valence electrons. The summed E-state index contributed by atoms with van der Waals surface area (Å²) in [6, 6.07) is 8.28. The fourth-order valence-electron chi connectivity index (χ4n) is 4.03. The highest BCUT2D eigenvalue weighted by Crippen LogP contribution is 2.21. The van der Waals surface area contributed by atoms with Crippen molar-refractivity contribution in [2.75, 3.05) is 39.4 Å². The summed E-state index contributed by atoms with van der Waals surface area (Å²) in [5, 5.41) is 7.40. The van der Waals surface area contributed by atoms with E-state index in [-0.39, 0.29) is 12.2 Å². The summed E-state index contributed by atoms with van der Waals surface area (Å²) in [6.07, 6.45) is 4.21. The highest BCUT2D eigenvalue weighted by atomic mass is 16.5. The van der Waals surface area contributed by atoms with Crippen LogP contribution in [-0.2, 0) is 22.3 Å². The molecule has 8 nitrogen and oxygen atoms in total. The van der Waals surface area contributed by atoms with Crippen molar-refractivity contribution in [3.8, 4) is 11.5 Å². The molecule has 0 saturated carbocycles. The molecular formula is C23H33N5O3. The van der Waals surface area contributed by atoms with Gasteiger partial charge in [-0.1, -0.05) is 24.2 Å². The third-order valence-corrected chi connectivity index (χ3v) is 5.75. The second-order valence-electron chi connectivity index (χ2n) is 7.96. The SMILES string of the molecule is CCNC(=NCCc1ccc(-c2nc(CC)no2)cc1)N1CCOC(C2CCCO2)C1. The Hall–Kier alpha value is -2.45. The van der Waals surface area contributed by atoms with E-state index in [1.54, 1.807) is 0 Å². The summed E-state index contributed by atoms with van der Waals surface area (Å²) in [7, 11) is 0. The first-order valence-corrected chi connectivity index (χ1v) is 11.4. The molecule has 2 aromatic rings. The number of aliphatic imine (C=N–C) groups is 1. The Morgan fingerprint density at radius 2 is 2.00 bits per heavy atom. The lowest BCUT2D eigenvalue weighted by Gasteiger charge is -2.37. The third kappa shape index (κ3) is 5.62. The van der Waals surface area contributed by atoms with Gasteiger partial charge in [0, 0.05) is 44.8 Å². The number of hydrogen-bond acceptors (Lipinski definition) is 6. The Bertz CT molecular complexity index is 845. The van der Waals surface area contributed by atoms with Crippen LogP contribution in [0.5, 0.6) is 0 Å². The number of nitrogens with one attached hydrogen (secondary N) is 1. The Morgan fingerprint density at radius 1 is 1.16 bits per heavy atom. The van der Waals surface area contributed by atoms with Gasteiger partial charge in [0.05, 0.1) is 12.7 Å². The lowest BCUT2D eigenvalue weighted by Crippen LogP contribution is -2.53. The van der Waals surface area contributed by atoms with Gasteiger partial charge in [0.2, 0.25) is 0 Å². The van der Waals surface area contributed by atoms with Crippen LogP contribution in [0.1, 0.15) is 38.1 Å². The number of hydrogen-bond donors (Lipinski definition) is 1. The van der Waals surface area contributed by atoms with Crippen molar-refractivity contribution >= 4 is 5.96 Å². The minimum atomic E-state index is 0.130. The number of nitrogens with zero attached hydrogens (tertiary/aromatic N) is 4. The largest absolute Gasteiger partial charge is 0.375 e. The van der Waals surface area contributed by atoms with E-state index >= 15 is 0 Å². The number of benzene rings is 1. The number of rotatable bonds is 7. The summed E-state index contributed by atoms with van der Waals surface area (Å²) in [6.45, 7) is 8.94. The zero-order chi connectivity index (χ0) is 21.5. The summed E-state index contributed by atoms with van der Waals surface area (Å²) in [4.78, 5) is 11.6. The third-order valence-electron chi connectivity index (χ3n) is 5.75. The monoisotopic (exact) mass is 427 g/mol. The quantitative estimate of drug-likeness (QED) is 0.537. The van der Waals surface area contributed by atoms with Gasteiger partial charge in [0.25, 0.3) is 5.89 Å². The van der Waals surface area contributed by atoms with E-state index in [1.807, 2.05) is 19.1 Å². The van der Waals surface area contributed by atoms with E-state index < -0.39 is 0 Å². The molecule has 0 spiro atoms. The van der Waals surface area contributed by atoms with Gasteiger partial charge in [-0.3, -0.25) is 4.99 Å². The Labute approximate surface area is 184 Å². The standard InChI is InChI=1S/C23H33N5O3/c1-3-21-26-22(31-27-21)18-9-7-17(8-10-18)11-12-25-23(24-4-2)28-13-15-30-20(16-28)19-6-5-14-29-19/h7-10,19-20H,3-6,11-16H2,1-2H3,(H,24,25). The van der Waals surface area contributed by atoms with Crippen molar-refractivity contribution in [2.24, 2.45) is 4.99 Å². The van der Waals surface area contributed by atoms with E-state index in [0.717, 1.165) is 75.8 Å². The van der Waals surface area contributed by atoms with Gasteiger partial charge in [-0.2, -0.15) is 4.98 Å². The average Bonchev–Trinajstić information content (AvgIpc) is 3.51.